The Kier molecular flexibility index (Phi) is 13.1. The average Bonchev–Trinajstić information content (AvgIpc) is 3.85. The quantitative estimate of drug-likeness (QED) is 0.131. The Morgan fingerprint density at radius 3 is 1.41 bits per heavy atom. The zero-order chi connectivity index (χ0) is 44.7. The number of carboxylic acids is 2. The molecule has 2 fully saturated rings. The molecule has 0 spiro atoms. The van der Waals surface area contributed by atoms with Crippen LogP contribution >= 0.6 is 58.2 Å². The zero-order valence-electron chi connectivity index (χ0n) is 34.3. The highest BCUT2D eigenvalue weighted by Crippen LogP contribution is 2.49. The number of piperidine rings is 2. The van der Waals surface area contributed by atoms with Gasteiger partial charge in [-0.1, -0.05) is 70.3 Å². The highest BCUT2D eigenvalue weighted by atomic mass is 35.5. The maximum atomic E-state index is 13.5. The summed E-state index contributed by atoms with van der Waals surface area (Å²) in [6.45, 7) is 1.16. The van der Waals surface area contributed by atoms with Gasteiger partial charge in [0, 0.05) is 108 Å². The Morgan fingerprint density at radius 2 is 1.02 bits per heavy atom. The van der Waals surface area contributed by atoms with Crippen LogP contribution in [0.4, 0.5) is 0 Å². The number of carboxylic acid groups (broad SMARTS) is 2. The van der Waals surface area contributed by atoms with Gasteiger partial charge in [-0.3, -0.25) is 19.2 Å². The van der Waals surface area contributed by atoms with E-state index in [0.29, 0.717) is 70.8 Å². The molecule has 2 saturated heterocycles. The minimum absolute atomic E-state index is 0.126. The summed E-state index contributed by atoms with van der Waals surface area (Å²) in [4.78, 5) is 54.6. The van der Waals surface area contributed by atoms with Crippen molar-refractivity contribution in [3.63, 3.8) is 0 Å². The number of hydrogen-bond donors (Lipinski definition) is 2. The average molecular weight is 945 g/mol. The summed E-state index contributed by atoms with van der Waals surface area (Å²) < 4.78 is 4.04. The Balaban J connectivity index is 1.21. The molecule has 2 amide bonds. The molecule has 324 valence electrons. The van der Waals surface area contributed by atoms with E-state index in [9.17, 15) is 29.4 Å². The SMILES string of the molecule is Cn1ccc2cc(-c3cc(Sc4cc(-c5ccc6c(ccn6C)c5)c(/C=C/C(=O)N5CCCC(C(=O)O)C5)c(Cl)c4Cl)c(Cl)c(Cl)c3/C=C/C(=O)N3CCCC(C(=O)O)C3)ccc21. The molecular weight excluding hydrogens is 902 g/mol. The zero-order valence-corrected chi connectivity index (χ0v) is 38.1. The Labute approximate surface area is 388 Å². The van der Waals surface area contributed by atoms with E-state index in [-0.39, 0.29) is 45.0 Å². The molecule has 8 rings (SSSR count). The predicted octanol–water partition coefficient (Wildman–Crippen LogP) is 11.4. The molecule has 4 aromatic carbocycles. The van der Waals surface area contributed by atoms with Crippen molar-refractivity contribution < 1.29 is 29.4 Å². The lowest BCUT2D eigenvalue weighted by atomic mass is 9.97. The third kappa shape index (κ3) is 9.13. The van der Waals surface area contributed by atoms with E-state index in [1.54, 1.807) is 22.0 Å². The molecule has 0 aliphatic carbocycles. The predicted molar refractivity (Wildman–Crippen MR) is 253 cm³/mol. The van der Waals surface area contributed by atoms with Crippen molar-refractivity contribution in [1.82, 2.24) is 18.9 Å². The van der Waals surface area contributed by atoms with E-state index < -0.39 is 23.8 Å². The smallest absolute Gasteiger partial charge is 0.308 e. The van der Waals surface area contributed by atoms with Crippen LogP contribution in [0.3, 0.4) is 0 Å². The number of carbonyl (C=O) groups excluding carboxylic acids is 2. The molecule has 2 N–H and O–H groups in total. The van der Waals surface area contributed by atoms with Gasteiger partial charge in [-0.05, 0) is 109 Å². The molecule has 2 unspecified atom stereocenters. The van der Waals surface area contributed by atoms with Gasteiger partial charge < -0.3 is 29.1 Å². The third-order valence-electron chi connectivity index (χ3n) is 12.0. The van der Waals surface area contributed by atoms with Crippen LogP contribution in [0.25, 0.3) is 56.2 Å². The summed E-state index contributed by atoms with van der Waals surface area (Å²) in [7, 11) is 3.94. The minimum atomic E-state index is -0.921. The van der Waals surface area contributed by atoms with Gasteiger partial charge in [0.25, 0.3) is 0 Å². The monoisotopic (exact) mass is 942 g/mol. The second-order valence-corrected chi connectivity index (χ2v) is 18.6. The van der Waals surface area contributed by atoms with Crippen molar-refractivity contribution in [2.75, 3.05) is 26.2 Å². The summed E-state index contributed by atoms with van der Waals surface area (Å²) in [6.07, 6.45) is 12.3. The molecule has 2 atom stereocenters. The summed E-state index contributed by atoms with van der Waals surface area (Å²) in [5.41, 5.74) is 6.10. The van der Waals surface area contributed by atoms with Gasteiger partial charge in [-0.2, -0.15) is 0 Å². The van der Waals surface area contributed by atoms with Gasteiger partial charge in [0.05, 0.1) is 31.9 Å². The summed E-state index contributed by atoms with van der Waals surface area (Å²) >= 11 is 29.9. The topological polar surface area (TPSA) is 125 Å². The molecule has 2 aliphatic heterocycles. The number of aliphatic carboxylic acids is 2. The number of aromatic nitrogens is 2. The van der Waals surface area contributed by atoms with E-state index in [2.05, 4.69) is 0 Å². The van der Waals surface area contributed by atoms with Crippen LogP contribution in [0.15, 0.2) is 95.0 Å². The molecule has 2 aromatic heterocycles. The number of carbonyl (C=O) groups is 4. The van der Waals surface area contributed by atoms with Gasteiger partial charge in [-0.15, -0.1) is 0 Å². The lowest BCUT2D eigenvalue weighted by Crippen LogP contribution is -2.41. The largest absolute Gasteiger partial charge is 0.481 e. The second kappa shape index (κ2) is 18.5. The molecule has 63 heavy (non-hydrogen) atoms. The maximum absolute atomic E-state index is 13.5. The number of aryl methyl sites for hydroxylation is 2. The molecule has 0 saturated carbocycles. The van der Waals surface area contributed by atoms with Crippen LogP contribution in [0.2, 0.25) is 20.1 Å². The molecule has 2 aliphatic rings. The molecule has 6 aromatic rings. The number of amides is 2. The summed E-state index contributed by atoms with van der Waals surface area (Å²) in [5, 5.41) is 22.1. The van der Waals surface area contributed by atoms with Crippen molar-refractivity contribution in [3.8, 4) is 22.3 Å². The summed E-state index contributed by atoms with van der Waals surface area (Å²) in [5.74, 6) is -3.74. The third-order valence-corrected chi connectivity index (χ3v) is 15.1. The standard InChI is InChI=1S/C48H42Cl4N4O6S/c1-53-19-15-29-21-27(7-11-37(29)53)35-23-39(45(51)43(49)33(35)9-13-41(57)55-17-3-5-31(25-55)47(59)60)63-40-24-36(28-8-12-38-30(22-28)16-20-54(38)2)34(44(50)46(40)52)10-14-42(58)56-18-4-6-32(26-56)48(61)62/h7-16,19-24,31-32H,3-6,17-18,25-26H2,1-2H3,(H,59,60)(H,61,62)/b13-9+,14-10+. The van der Waals surface area contributed by atoms with Gasteiger partial charge in [0.15, 0.2) is 0 Å². The van der Waals surface area contributed by atoms with Crippen molar-refractivity contribution in [2.24, 2.45) is 25.9 Å². The summed E-state index contributed by atoms with van der Waals surface area (Å²) in [6, 6.07) is 19.9. The first-order valence-electron chi connectivity index (χ1n) is 20.4. The number of halogens is 4. The minimum Gasteiger partial charge on any atom is -0.481 e. The Morgan fingerprint density at radius 1 is 0.603 bits per heavy atom. The van der Waals surface area contributed by atoms with Gasteiger partial charge in [0.1, 0.15) is 0 Å². The highest BCUT2D eigenvalue weighted by Gasteiger charge is 2.29. The number of rotatable bonds is 10. The van der Waals surface area contributed by atoms with Gasteiger partial charge >= 0.3 is 11.9 Å². The second-order valence-electron chi connectivity index (χ2n) is 16.0. The fourth-order valence-corrected chi connectivity index (χ4v) is 10.6. The Bertz CT molecular complexity index is 2710. The van der Waals surface area contributed by atoms with Gasteiger partial charge in [0.2, 0.25) is 11.8 Å². The molecule has 15 heteroatoms. The Hall–Kier alpha value is -5.17. The van der Waals surface area contributed by atoms with Crippen LogP contribution in [0.5, 0.6) is 0 Å². The molecule has 0 radical (unpaired) electrons. The van der Waals surface area contributed by atoms with Crippen LogP contribution < -0.4 is 0 Å². The molecule has 0 bridgehead atoms. The molecule has 10 nitrogen and oxygen atoms in total. The number of nitrogens with zero attached hydrogens (tertiary/aromatic N) is 4. The number of likely N-dealkylation sites (tertiary alicyclic amines) is 2. The first-order valence-corrected chi connectivity index (χ1v) is 22.7. The van der Waals surface area contributed by atoms with Crippen LogP contribution in [-0.2, 0) is 33.3 Å². The van der Waals surface area contributed by atoms with Gasteiger partial charge in [-0.25, -0.2) is 0 Å². The molecular formula is C48H42Cl4N4O6S. The van der Waals surface area contributed by atoms with E-state index in [4.69, 9.17) is 46.4 Å². The van der Waals surface area contributed by atoms with Crippen molar-refractivity contribution in [3.05, 3.63) is 116 Å². The lowest BCUT2D eigenvalue weighted by Gasteiger charge is -2.29. The van der Waals surface area contributed by atoms with Crippen LogP contribution in [-0.4, -0.2) is 79.1 Å². The van der Waals surface area contributed by atoms with E-state index in [0.717, 1.165) is 32.9 Å². The van der Waals surface area contributed by atoms with E-state index in [1.165, 1.54) is 23.9 Å². The fraction of sp³-hybridized carbons (Fsp3) is 0.250. The number of fused-ring (bicyclic) bond motifs is 2. The number of hydrogen-bond acceptors (Lipinski definition) is 5. The lowest BCUT2D eigenvalue weighted by molar-refractivity contribution is -0.146. The van der Waals surface area contributed by atoms with Crippen molar-refractivity contribution >= 4 is 116 Å². The van der Waals surface area contributed by atoms with E-state index >= 15 is 0 Å². The first kappa shape index (κ1) is 44.4. The first-order chi connectivity index (χ1) is 30.2. The molecule has 4 heterocycles. The fourth-order valence-electron chi connectivity index (χ4n) is 8.48. The van der Waals surface area contributed by atoms with Crippen LogP contribution in [0, 0.1) is 11.8 Å². The van der Waals surface area contributed by atoms with Crippen LogP contribution in [0.1, 0.15) is 36.8 Å². The van der Waals surface area contributed by atoms with E-state index in [1.807, 2.05) is 96.3 Å². The van der Waals surface area contributed by atoms with Crippen molar-refractivity contribution in [1.29, 1.82) is 0 Å². The normalized spacial score (nSPS) is 17.1. The number of benzene rings is 4. The highest BCUT2D eigenvalue weighted by molar-refractivity contribution is 7.99. The van der Waals surface area contributed by atoms with Crippen molar-refractivity contribution in [2.45, 2.75) is 35.5 Å². The maximum Gasteiger partial charge on any atom is 0.308 e.